The zero-order chi connectivity index (χ0) is 16.8. The van der Waals surface area contributed by atoms with Crippen molar-refractivity contribution in [3.05, 3.63) is 40.4 Å². The summed E-state index contributed by atoms with van der Waals surface area (Å²) in [5, 5.41) is 6.97. The van der Waals surface area contributed by atoms with Gasteiger partial charge in [0.05, 0.1) is 18.8 Å². The van der Waals surface area contributed by atoms with Gasteiger partial charge in [-0.15, -0.1) is 5.10 Å². The van der Waals surface area contributed by atoms with Crippen LogP contribution in [0.1, 0.15) is 33.9 Å². The van der Waals surface area contributed by atoms with Crippen LogP contribution in [0.25, 0.3) is 0 Å². The predicted molar refractivity (Wildman–Crippen MR) is 91.0 cm³/mol. The van der Waals surface area contributed by atoms with Crippen molar-refractivity contribution < 1.29 is 9.53 Å². The number of likely N-dealkylation sites (N-methyl/N-ethyl adjacent to an activating group) is 1. The van der Waals surface area contributed by atoms with Gasteiger partial charge in [-0.1, -0.05) is 23.5 Å². The molecule has 0 saturated carbocycles. The van der Waals surface area contributed by atoms with Gasteiger partial charge in [-0.2, -0.15) is 0 Å². The summed E-state index contributed by atoms with van der Waals surface area (Å²) < 4.78 is 9.14. The molecule has 0 aliphatic carbocycles. The Morgan fingerprint density at radius 2 is 2.22 bits per heavy atom. The Morgan fingerprint density at radius 3 is 2.87 bits per heavy atom. The number of carbonyl (C=O) groups is 1. The number of hydrogen-bond acceptors (Lipinski definition) is 6. The molecular formula is C16H22N4O2S. The molecule has 0 radical (unpaired) electrons. The van der Waals surface area contributed by atoms with Crippen LogP contribution < -0.4 is 10.1 Å². The van der Waals surface area contributed by atoms with Crippen LogP contribution in [0.15, 0.2) is 24.3 Å². The number of amides is 1. The lowest BCUT2D eigenvalue weighted by atomic mass is 10.1. The summed E-state index contributed by atoms with van der Waals surface area (Å²) in [6.07, 6.45) is 0.701. The van der Waals surface area contributed by atoms with Gasteiger partial charge in [-0.25, -0.2) is 0 Å². The van der Waals surface area contributed by atoms with Crippen LogP contribution in [-0.2, 0) is 6.42 Å². The van der Waals surface area contributed by atoms with Gasteiger partial charge in [-0.05, 0) is 49.7 Å². The van der Waals surface area contributed by atoms with E-state index in [9.17, 15) is 4.79 Å². The number of hydrogen-bond donors (Lipinski definition) is 1. The molecule has 0 aliphatic rings. The smallest absolute Gasteiger partial charge is 0.265 e. The number of benzene rings is 1. The molecule has 1 N–H and O–H groups in total. The third-order valence-corrected chi connectivity index (χ3v) is 4.42. The van der Waals surface area contributed by atoms with Crippen molar-refractivity contribution in [1.82, 2.24) is 19.8 Å². The van der Waals surface area contributed by atoms with E-state index in [1.165, 1.54) is 0 Å². The highest BCUT2D eigenvalue weighted by atomic mass is 32.1. The van der Waals surface area contributed by atoms with Gasteiger partial charge in [-0.3, -0.25) is 4.79 Å². The fraction of sp³-hybridized carbons (Fsp3) is 0.438. The third kappa shape index (κ3) is 4.27. The highest BCUT2D eigenvalue weighted by molar-refractivity contribution is 7.08. The zero-order valence-electron chi connectivity index (χ0n) is 13.9. The number of aryl methyl sites for hydroxylation is 1. The van der Waals surface area contributed by atoms with Gasteiger partial charge in [0.1, 0.15) is 10.6 Å². The standard InChI is InChI=1S/C16H22N4O2S/c1-5-13-15(23-19-18-13)16(21)17-10-14(20(2)3)11-7-6-8-12(9-11)22-4/h6-9,14H,5,10H2,1-4H3,(H,17,21)/t14-/m1/s1. The fourth-order valence-electron chi connectivity index (χ4n) is 2.33. The number of rotatable bonds is 7. The minimum atomic E-state index is -0.119. The van der Waals surface area contributed by atoms with Gasteiger partial charge in [0, 0.05) is 6.54 Å². The second-order valence-electron chi connectivity index (χ2n) is 5.37. The molecule has 0 saturated heterocycles. The maximum Gasteiger partial charge on any atom is 0.265 e. The summed E-state index contributed by atoms with van der Waals surface area (Å²) in [4.78, 5) is 15.0. The van der Waals surface area contributed by atoms with Crippen molar-refractivity contribution in [2.75, 3.05) is 27.7 Å². The van der Waals surface area contributed by atoms with Gasteiger partial charge < -0.3 is 15.0 Å². The Bertz CT molecular complexity index is 657. The molecule has 6 nitrogen and oxygen atoms in total. The first-order valence-corrected chi connectivity index (χ1v) is 8.24. The van der Waals surface area contributed by atoms with Crippen molar-refractivity contribution in [1.29, 1.82) is 0 Å². The normalized spacial score (nSPS) is 12.2. The zero-order valence-corrected chi connectivity index (χ0v) is 14.7. The Morgan fingerprint density at radius 1 is 1.43 bits per heavy atom. The molecule has 2 rings (SSSR count). The van der Waals surface area contributed by atoms with E-state index >= 15 is 0 Å². The number of nitrogens with one attached hydrogen (secondary N) is 1. The molecule has 23 heavy (non-hydrogen) atoms. The monoisotopic (exact) mass is 334 g/mol. The molecule has 1 atom stereocenters. The van der Waals surface area contributed by atoms with Gasteiger partial charge >= 0.3 is 0 Å². The highest BCUT2D eigenvalue weighted by Gasteiger charge is 2.19. The number of carbonyl (C=O) groups excluding carboxylic acids is 1. The summed E-state index contributed by atoms with van der Waals surface area (Å²) in [5.41, 5.74) is 1.84. The van der Waals surface area contributed by atoms with E-state index in [4.69, 9.17) is 4.74 Å². The predicted octanol–water partition coefficient (Wildman–Crippen LogP) is 2.14. The number of methoxy groups -OCH3 is 1. The molecule has 1 heterocycles. The van der Waals surface area contributed by atoms with Crippen LogP contribution in [0, 0.1) is 0 Å². The van der Waals surface area contributed by atoms with Crippen molar-refractivity contribution >= 4 is 17.4 Å². The van der Waals surface area contributed by atoms with E-state index in [0.717, 1.165) is 28.5 Å². The summed E-state index contributed by atoms with van der Waals surface area (Å²) in [6.45, 7) is 2.46. The number of ether oxygens (including phenoxy) is 1. The van der Waals surface area contributed by atoms with Crippen LogP contribution in [0.5, 0.6) is 5.75 Å². The molecule has 0 unspecified atom stereocenters. The molecule has 1 aromatic carbocycles. The van der Waals surface area contributed by atoms with Crippen molar-refractivity contribution in [2.45, 2.75) is 19.4 Å². The molecule has 0 bridgehead atoms. The largest absolute Gasteiger partial charge is 0.497 e. The minimum absolute atomic E-state index is 0.0556. The minimum Gasteiger partial charge on any atom is -0.497 e. The molecule has 124 valence electrons. The van der Waals surface area contributed by atoms with Crippen LogP contribution in [-0.4, -0.2) is 48.1 Å². The van der Waals surface area contributed by atoms with E-state index in [1.807, 2.05) is 45.3 Å². The van der Waals surface area contributed by atoms with Crippen LogP contribution >= 0.6 is 11.5 Å². The quantitative estimate of drug-likeness (QED) is 0.840. The molecule has 0 aliphatic heterocycles. The Labute approximate surface area is 140 Å². The lowest BCUT2D eigenvalue weighted by Crippen LogP contribution is -2.34. The van der Waals surface area contributed by atoms with Gasteiger partial charge in [0.2, 0.25) is 0 Å². The Hall–Kier alpha value is -1.99. The lowest BCUT2D eigenvalue weighted by molar-refractivity contribution is 0.0945. The maximum atomic E-state index is 12.3. The first kappa shape index (κ1) is 17.4. The van der Waals surface area contributed by atoms with E-state index < -0.39 is 0 Å². The van der Waals surface area contributed by atoms with Gasteiger partial charge in [0.25, 0.3) is 5.91 Å². The number of nitrogens with zero attached hydrogens (tertiary/aromatic N) is 3. The van der Waals surface area contributed by atoms with Crippen molar-refractivity contribution in [2.24, 2.45) is 0 Å². The summed E-state index contributed by atoms with van der Waals surface area (Å²) in [7, 11) is 5.62. The van der Waals surface area contributed by atoms with E-state index in [0.29, 0.717) is 17.8 Å². The Kier molecular flexibility index (Phi) is 6.06. The van der Waals surface area contributed by atoms with Crippen LogP contribution in [0.2, 0.25) is 0 Å². The second kappa shape index (κ2) is 8.03. The summed E-state index contributed by atoms with van der Waals surface area (Å²) in [5.74, 6) is 0.687. The third-order valence-electron chi connectivity index (χ3n) is 3.65. The molecule has 0 spiro atoms. The lowest BCUT2D eigenvalue weighted by Gasteiger charge is -2.25. The van der Waals surface area contributed by atoms with E-state index in [-0.39, 0.29) is 11.9 Å². The highest BCUT2D eigenvalue weighted by Crippen LogP contribution is 2.22. The fourth-order valence-corrected chi connectivity index (χ4v) is 3.00. The van der Waals surface area contributed by atoms with Crippen LogP contribution in [0.4, 0.5) is 0 Å². The first-order valence-electron chi connectivity index (χ1n) is 7.46. The summed E-state index contributed by atoms with van der Waals surface area (Å²) in [6, 6.07) is 7.94. The molecule has 0 fully saturated rings. The molecule has 2 aromatic rings. The topological polar surface area (TPSA) is 67.3 Å². The maximum absolute atomic E-state index is 12.3. The van der Waals surface area contributed by atoms with Gasteiger partial charge in [0.15, 0.2) is 0 Å². The summed E-state index contributed by atoms with van der Waals surface area (Å²) >= 11 is 1.14. The molecule has 1 amide bonds. The van der Waals surface area contributed by atoms with E-state index in [2.05, 4.69) is 19.8 Å². The van der Waals surface area contributed by atoms with Crippen molar-refractivity contribution in [3.63, 3.8) is 0 Å². The Balaban J connectivity index is 2.09. The molecule has 7 heteroatoms. The molecule has 1 aromatic heterocycles. The SMILES string of the molecule is CCc1nnsc1C(=O)NC[C@H](c1cccc(OC)c1)N(C)C. The average molecular weight is 334 g/mol. The molecular weight excluding hydrogens is 312 g/mol. The number of aromatic nitrogens is 2. The average Bonchev–Trinajstić information content (AvgIpc) is 3.03. The van der Waals surface area contributed by atoms with E-state index in [1.54, 1.807) is 7.11 Å². The van der Waals surface area contributed by atoms with Crippen molar-refractivity contribution in [3.8, 4) is 5.75 Å². The first-order chi connectivity index (χ1) is 11.1. The van der Waals surface area contributed by atoms with Crippen LogP contribution in [0.3, 0.4) is 0 Å². The second-order valence-corrected chi connectivity index (χ2v) is 6.12.